The Bertz CT molecular complexity index is 1050. The van der Waals surface area contributed by atoms with E-state index in [1.165, 1.54) is 12.1 Å². The lowest BCUT2D eigenvalue weighted by atomic mass is 10.1. The number of aliphatic hydroxyl groups is 1. The number of aliphatic hydroxyl groups excluding tert-OH is 1. The van der Waals surface area contributed by atoms with Crippen LogP contribution in [0.1, 0.15) is 5.56 Å². The number of rotatable bonds is 8. The molecular formula is C21H20ClFN2O3S. The van der Waals surface area contributed by atoms with Crippen molar-refractivity contribution in [1.29, 1.82) is 0 Å². The summed E-state index contributed by atoms with van der Waals surface area (Å²) in [6.45, 7) is 1.08. The lowest BCUT2D eigenvalue weighted by molar-refractivity contribution is 0.106. The first-order valence-electron chi connectivity index (χ1n) is 8.88. The molecule has 5 nitrogen and oxygen atoms in total. The molecule has 0 saturated heterocycles. The van der Waals surface area contributed by atoms with E-state index in [1.54, 1.807) is 23.5 Å². The van der Waals surface area contributed by atoms with E-state index >= 15 is 0 Å². The molecule has 152 valence electrons. The molecule has 4 aromatic rings. The molecule has 0 bridgehead atoms. The summed E-state index contributed by atoms with van der Waals surface area (Å²) in [5.41, 5.74) is 3.42. The second kappa shape index (κ2) is 9.84. The zero-order valence-electron chi connectivity index (χ0n) is 15.4. The molecule has 0 aliphatic heterocycles. The largest absolute Gasteiger partial charge is 0.491 e. The third-order valence-corrected chi connectivity index (χ3v) is 5.15. The minimum Gasteiger partial charge on any atom is -0.491 e. The number of aromatic nitrogens is 1. The van der Waals surface area contributed by atoms with Crippen LogP contribution in [0, 0.1) is 5.82 Å². The average Bonchev–Trinajstić information content (AvgIpc) is 3.32. The van der Waals surface area contributed by atoms with Gasteiger partial charge in [-0.25, -0.2) is 4.39 Å². The first-order chi connectivity index (χ1) is 13.7. The molecule has 8 heteroatoms. The van der Waals surface area contributed by atoms with Gasteiger partial charge in [0.2, 0.25) is 0 Å². The molecule has 1 atom stereocenters. The minimum absolute atomic E-state index is 0. The lowest BCUT2D eigenvalue weighted by Gasteiger charge is -2.14. The van der Waals surface area contributed by atoms with Crippen LogP contribution in [0.3, 0.4) is 0 Å². The molecular weight excluding hydrogens is 415 g/mol. The lowest BCUT2D eigenvalue weighted by Crippen LogP contribution is -2.31. The van der Waals surface area contributed by atoms with Gasteiger partial charge in [-0.15, -0.1) is 23.7 Å². The number of halogens is 2. The predicted molar refractivity (Wildman–Crippen MR) is 114 cm³/mol. The number of benzene rings is 2. The summed E-state index contributed by atoms with van der Waals surface area (Å²) in [4.78, 5) is 0. The maximum absolute atomic E-state index is 12.9. The molecule has 0 spiro atoms. The molecule has 2 N–H and O–H groups in total. The van der Waals surface area contributed by atoms with Crippen molar-refractivity contribution in [3.63, 3.8) is 0 Å². The molecule has 2 heterocycles. The van der Waals surface area contributed by atoms with Gasteiger partial charge in [-0.05, 0) is 41.3 Å². The summed E-state index contributed by atoms with van der Waals surface area (Å²) in [7, 11) is 0. The third-order valence-electron chi connectivity index (χ3n) is 4.25. The molecule has 2 aromatic heterocycles. The minimum atomic E-state index is -0.667. The number of hydrogen-bond acceptors (Lipinski definition) is 6. The van der Waals surface area contributed by atoms with Crippen molar-refractivity contribution in [2.24, 2.45) is 0 Å². The Morgan fingerprint density at radius 1 is 1.17 bits per heavy atom. The van der Waals surface area contributed by atoms with Crippen molar-refractivity contribution < 1.29 is 18.8 Å². The highest BCUT2D eigenvalue weighted by atomic mass is 35.5. The predicted octanol–water partition coefficient (Wildman–Crippen LogP) is 4.65. The Balaban J connectivity index is 0.00000240. The normalized spacial score (nSPS) is 11.9. The van der Waals surface area contributed by atoms with Crippen LogP contribution < -0.4 is 10.1 Å². The van der Waals surface area contributed by atoms with Gasteiger partial charge in [0.1, 0.15) is 34.7 Å². The Morgan fingerprint density at radius 2 is 2.00 bits per heavy atom. The van der Waals surface area contributed by atoms with E-state index in [1.807, 2.05) is 35.7 Å². The van der Waals surface area contributed by atoms with Gasteiger partial charge in [0, 0.05) is 18.7 Å². The van der Waals surface area contributed by atoms with Crippen LogP contribution >= 0.6 is 23.7 Å². The topological polar surface area (TPSA) is 67.5 Å². The molecule has 0 unspecified atom stereocenters. The van der Waals surface area contributed by atoms with E-state index < -0.39 is 6.10 Å². The van der Waals surface area contributed by atoms with E-state index in [2.05, 4.69) is 10.5 Å². The van der Waals surface area contributed by atoms with Gasteiger partial charge in [0.25, 0.3) is 0 Å². The van der Waals surface area contributed by atoms with Crippen LogP contribution in [0.2, 0.25) is 0 Å². The fourth-order valence-corrected chi connectivity index (χ4v) is 3.65. The summed E-state index contributed by atoms with van der Waals surface area (Å²) < 4.78 is 24.9. The number of fused-ring (bicyclic) bond motifs is 1. The number of nitrogens with one attached hydrogen (secondary N) is 1. The monoisotopic (exact) mass is 434 g/mol. The van der Waals surface area contributed by atoms with E-state index in [-0.39, 0.29) is 24.8 Å². The SMILES string of the molecule is Cl.O[C@H](CNCc1ccc(F)cc1)COc1cccc(-c2noc3ccsc23)c1. The Morgan fingerprint density at radius 3 is 2.83 bits per heavy atom. The van der Waals surface area contributed by atoms with Crippen molar-refractivity contribution in [3.05, 3.63) is 71.4 Å². The molecule has 0 aliphatic carbocycles. The molecule has 29 heavy (non-hydrogen) atoms. The number of thiophene rings is 1. The zero-order valence-corrected chi connectivity index (χ0v) is 17.0. The van der Waals surface area contributed by atoms with Gasteiger partial charge >= 0.3 is 0 Å². The summed E-state index contributed by atoms with van der Waals surface area (Å²) in [6, 6.07) is 15.7. The molecule has 0 radical (unpaired) electrons. The van der Waals surface area contributed by atoms with Crippen LogP contribution in [0.4, 0.5) is 4.39 Å². The van der Waals surface area contributed by atoms with Gasteiger partial charge in [0.05, 0.1) is 0 Å². The number of hydrogen-bond donors (Lipinski definition) is 2. The fourth-order valence-electron chi connectivity index (χ4n) is 2.83. The van der Waals surface area contributed by atoms with Crippen LogP contribution in [-0.2, 0) is 6.54 Å². The summed E-state index contributed by atoms with van der Waals surface area (Å²) in [5, 5.41) is 19.4. The van der Waals surface area contributed by atoms with E-state index in [4.69, 9.17) is 9.26 Å². The second-order valence-corrected chi connectivity index (χ2v) is 7.31. The van der Waals surface area contributed by atoms with Gasteiger partial charge < -0.3 is 19.7 Å². The highest BCUT2D eigenvalue weighted by Gasteiger charge is 2.12. The van der Waals surface area contributed by atoms with Crippen molar-refractivity contribution >= 4 is 34.0 Å². The number of ether oxygens (including phenoxy) is 1. The maximum atomic E-state index is 12.9. The standard InChI is InChI=1S/C21H19FN2O3S.ClH/c22-16-6-4-14(5-7-16)11-23-12-17(25)13-26-18-3-1-2-15(10-18)20-21-19(27-24-20)8-9-28-21;/h1-10,17,23,25H,11-13H2;1H/t17-;/m1./s1. The molecule has 0 amide bonds. The summed E-state index contributed by atoms with van der Waals surface area (Å²) >= 11 is 1.58. The Labute approximate surface area is 177 Å². The van der Waals surface area contributed by atoms with Gasteiger partial charge in [0.15, 0.2) is 5.58 Å². The van der Waals surface area contributed by atoms with Crippen LogP contribution in [0.25, 0.3) is 21.5 Å². The molecule has 2 aromatic carbocycles. The van der Waals surface area contributed by atoms with E-state index in [0.29, 0.717) is 18.8 Å². The van der Waals surface area contributed by atoms with Crippen LogP contribution in [0.15, 0.2) is 64.5 Å². The first kappa shape index (κ1) is 21.3. The molecule has 0 aliphatic rings. The quantitative estimate of drug-likeness (QED) is 0.422. The fraction of sp³-hybridized carbons (Fsp3) is 0.190. The molecule has 4 rings (SSSR count). The van der Waals surface area contributed by atoms with E-state index in [0.717, 1.165) is 27.1 Å². The Hall–Kier alpha value is -2.45. The van der Waals surface area contributed by atoms with Crippen molar-refractivity contribution in [1.82, 2.24) is 10.5 Å². The van der Waals surface area contributed by atoms with Crippen molar-refractivity contribution in [3.8, 4) is 17.0 Å². The third kappa shape index (κ3) is 5.33. The summed E-state index contributed by atoms with van der Waals surface area (Å²) in [5.74, 6) is 0.396. The zero-order chi connectivity index (χ0) is 19.3. The van der Waals surface area contributed by atoms with E-state index in [9.17, 15) is 9.50 Å². The highest BCUT2D eigenvalue weighted by molar-refractivity contribution is 7.17. The highest BCUT2D eigenvalue weighted by Crippen LogP contribution is 2.33. The smallest absolute Gasteiger partial charge is 0.178 e. The number of nitrogens with zero attached hydrogens (tertiary/aromatic N) is 1. The molecule has 0 fully saturated rings. The second-order valence-electron chi connectivity index (χ2n) is 6.40. The first-order valence-corrected chi connectivity index (χ1v) is 9.76. The van der Waals surface area contributed by atoms with Crippen molar-refractivity contribution in [2.75, 3.05) is 13.2 Å². The van der Waals surface area contributed by atoms with Gasteiger partial charge in [-0.1, -0.05) is 29.4 Å². The molecule has 0 saturated carbocycles. The Kier molecular flexibility index (Phi) is 7.22. The van der Waals surface area contributed by atoms with Crippen LogP contribution in [0.5, 0.6) is 5.75 Å². The maximum Gasteiger partial charge on any atom is 0.178 e. The summed E-state index contributed by atoms with van der Waals surface area (Å²) in [6.07, 6.45) is -0.667. The van der Waals surface area contributed by atoms with Gasteiger partial charge in [-0.2, -0.15) is 0 Å². The average molecular weight is 435 g/mol. The van der Waals surface area contributed by atoms with Crippen molar-refractivity contribution in [2.45, 2.75) is 12.6 Å². The van der Waals surface area contributed by atoms with Gasteiger partial charge in [-0.3, -0.25) is 0 Å². The van der Waals surface area contributed by atoms with Crippen LogP contribution in [-0.4, -0.2) is 29.5 Å².